The molecule has 0 unspecified atom stereocenters. The molecule has 1 heterocycles. The lowest BCUT2D eigenvalue weighted by Gasteiger charge is -2.28. The minimum absolute atomic E-state index is 0.112. The predicted molar refractivity (Wildman–Crippen MR) is 214 cm³/mol. The van der Waals surface area contributed by atoms with E-state index >= 15 is 0 Å². The summed E-state index contributed by atoms with van der Waals surface area (Å²) in [6.45, 7) is 4.69. The molecule has 9 aromatic rings. The molecule has 1 aromatic heterocycles. The normalized spacial score (nSPS) is 13.1. The molecule has 51 heavy (non-hydrogen) atoms. The van der Waals surface area contributed by atoms with Gasteiger partial charge in [-0.15, -0.1) is 0 Å². The number of anilines is 3. The Morgan fingerprint density at radius 1 is 0.392 bits per heavy atom. The van der Waals surface area contributed by atoms with Crippen LogP contribution in [0, 0.1) is 0 Å². The van der Waals surface area contributed by atoms with Crippen molar-refractivity contribution in [3.05, 3.63) is 187 Å². The molecule has 0 N–H and O–H groups in total. The Bertz CT molecular complexity index is 2770. The number of nitrogens with zero attached hydrogens (tertiary/aromatic N) is 1. The average molecular weight is 654 g/mol. The summed E-state index contributed by atoms with van der Waals surface area (Å²) < 4.78 is 6.68. The lowest BCUT2D eigenvalue weighted by atomic mass is 9.82. The monoisotopic (exact) mass is 653 g/mol. The zero-order chi connectivity index (χ0) is 34.1. The second-order valence-corrected chi connectivity index (χ2v) is 14.1. The summed E-state index contributed by atoms with van der Waals surface area (Å²) in [5, 5.41) is 4.53. The molecule has 2 heteroatoms. The van der Waals surface area contributed by atoms with Crippen molar-refractivity contribution in [1.29, 1.82) is 0 Å². The van der Waals surface area contributed by atoms with E-state index in [9.17, 15) is 0 Å². The van der Waals surface area contributed by atoms with Crippen LogP contribution in [-0.2, 0) is 5.41 Å². The van der Waals surface area contributed by atoms with Crippen LogP contribution in [0.4, 0.5) is 17.1 Å². The SMILES string of the molecule is CC1(C)c2ccccc2-c2ccc(N(c3cccc(-c4ccccc4)c3)c3ccc4oc5c6ccccc6c(-c6ccccc6)cc5c4c3)cc21. The van der Waals surface area contributed by atoms with Crippen LogP contribution in [0.2, 0.25) is 0 Å². The van der Waals surface area contributed by atoms with Gasteiger partial charge in [-0.3, -0.25) is 0 Å². The number of rotatable bonds is 5. The van der Waals surface area contributed by atoms with Crippen molar-refractivity contribution in [2.45, 2.75) is 19.3 Å². The molecule has 0 radical (unpaired) electrons. The molecule has 0 saturated carbocycles. The van der Waals surface area contributed by atoms with Gasteiger partial charge in [-0.2, -0.15) is 0 Å². The van der Waals surface area contributed by atoms with Crippen molar-refractivity contribution in [2.24, 2.45) is 0 Å². The zero-order valence-electron chi connectivity index (χ0n) is 28.6. The van der Waals surface area contributed by atoms with Crippen LogP contribution in [0.1, 0.15) is 25.0 Å². The van der Waals surface area contributed by atoms with Crippen molar-refractivity contribution in [2.75, 3.05) is 4.90 Å². The highest BCUT2D eigenvalue weighted by Crippen LogP contribution is 2.51. The first-order chi connectivity index (χ1) is 25.0. The highest BCUT2D eigenvalue weighted by molar-refractivity contribution is 6.19. The molecule has 0 amide bonds. The molecule has 1 aliphatic carbocycles. The van der Waals surface area contributed by atoms with Gasteiger partial charge in [-0.05, 0) is 98.4 Å². The van der Waals surface area contributed by atoms with Crippen LogP contribution in [-0.4, -0.2) is 0 Å². The molecule has 0 atom stereocenters. The lowest BCUT2D eigenvalue weighted by Crippen LogP contribution is -2.16. The maximum Gasteiger partial charge on any atom is 0.143 e. The highest BCUT2D eigenvalue weighted by Gasteiger charge is 2.35. The number of hydrogen-bond donors (Lipinski definition) is 0. The fraction of sp³-hybridized carbons (Fsp3) is 0.0612. The van der Waals surface area contributed by atoms with Gasteiger partial charge >= 0.3 is 0 Å². The van der Waals surface area contributed by atoms with Crippen molar-refractivity contribution >= 4 is 49.8 Å². The second-order valence-electron chi connectivity index (χ2n) is 14.1. The molecule has 0 fully saturated rings. The largest absolute Gasteiger partial charge is 0.455 e. The van der Waals surface area contributed by atoms with Gasteiger partial charge in [0.15, 0.2) is 0 Å². The standard InChI is InChI=1S/C49H35NO/c1-49(2)45-23-12-11-21-39(45)40-26-24-37(30-46(40)49)50(35-19-13-18-34(28-35)32-14-5-3-6-15-32)36-25-27-47-43(29-36)44-31-42(33-16-7-4-8-17-33)38-20-9-10-22-41(38)48(44)51-47/h3-31H,1-2H3. The molecule has 0 spiro atoms. The Balaban J connectivity index is 1.21. The van der Waals surface area contributed by atoms with E-state index in [-0.39, 0.29) is 5.41 Å². The molecular formula is C49H35NO. The van der Waals surface area contributed by atoms with Gasteiger partial charge in [0, 0.05) is 38.6 Å². The van der Waals surface area contributed by atoms with E-state index < -0.39 is 0 Å². The van der Waals surface area contributed by atoms with Gasteiger partial charge in [0.1, 0.15) is 11.2 Å². The number of furan rings is 1. The summed E-state index contributed by atoms with van der Waals surface area (Å²) in [6.07, 6.45) is 0. The summed E-state index contributed by atoms with van der Waals surface area (Å²) in [5.74, 6) is 0. The van der Waals surface area contributed by atoms with Crippen LogP contribution in [0.25, 0.3) is 66.1 Å². The third-order valence-electron chi connectivity index (χ3n) is 10.8. The van der Waals surface area contributed by atoms with E-state index in [4.69, 9.17) is 4.42 Å². The summed E-state index contributed by atoms with van der Waals surface area (Å²) in [4.78, 5) is 2.41. The quantitative estimate of drug-likeness (QED) is 0.184. The molecule has 0 aliphatic heterocycles. The van der Waals surface area contributed by atoms with E-state index in [1.54, 1.807) is 0 Å². The smallest absolute Gasteiger partial charge is 0.143 e. The van der Waals surface area contributed by atoms with Crippen LogP contribution in [0.5, 0.6) is 0 Å². The number of hydrogen-bond acceptors (Lipinski definition) is 2. The van der Waals surface area contributed by atoms with Crippen molar-refractivity contribution in [3.8, 4) is 33.4 Å². The van der Waals surface area contributed by atoms with Crippen LogP contribution in [0.3, 0.4) is 0 Å². The Labute approximate surface area is 297 Å². The molecule has 242 valence electrons. The molecule has 1 aliphatic rings. The van der Waals surface area contributed by atoms with E-state index in [0.717, 1.165) is 44.4 Å². The molecule has 8 aromatic carbocycles. The molecular weight excluding hydrogens is 619 g/mol. The van der Waals surface area contributed by atoms with Gasteiger partial charge in [0.2, 0.25) is 0 Å². The van der Waals surface area contributed by atoms with Gasteiger partial charge in [-0.1, -0.05) is 141 Å². The third-order valence-corrected chi connectivity index (χ3v) is 10.8. The number of benzene rings is 8. The minimum Gasteiger partial charge on any atom is -0.455 e. The van der Waals surface area contributed by atoms with Gasteiger partial charge in [-0.25, -0.2) is 0 Å². The summed E-state index contributed by atoms with van der Waals surface area (Å²) in [5.41, 5.74) is 15.2. The average Bonchev–Trinajstić information content (AvgIpc) is 3.67. The molecule has 10 rings (SSSR count). The van der Waals surface area contributed by atoms with E-state index in [1.807, 2.05) is 0 Å². The topological polar surface area (TPSA) is 16.4 Å². The first-order valence-corrected chi connectivity index (χ1v) is 17.7. The van der Waals surface area contributed by atoms with Crippen LogP contribution in [0.15, 0.2) is 180 Å². The van der Waals surface area contributed by atoms with Gasteiger partial charge in [0.05, 0.1) is 0 Å². The van der Waals surface area contributed by atoms with E-state index in [2.05, 4.69) is 195 Å². The van der Waals surface area contributed by atoms with Gasteiger partial charge < -0.3 is 9.32 Å². The minimum atomic E-state index is -0.112. The Hall–Kier alpha value is -6.38. The highest BCUT2D eigenvalue weighted by atomic mass is 16.3. The zero-order valence-corrected chi connectivity index (χ0v) is 28.6. The predicted octanol–water partition coefficient (Wildman–Crippen LogP) is 13.8. The van der Waals surface area contributed by atoms with Crippen LogP contribution >= 0.6 is 0 Å². The fourth-order valence-corrected chi connectivity index (χ4v) is 8.32. The molecule has 2 nitrogen and oxygen atoms in total. The third kappa shape index (κ3) is 4.64. The van der Waals surface area contributed by atoms with Crippen molar-refractivity contribution in [3.63, 3.8) is 0 Å². The lowest BCUT2D eigenvalue weighted by molar-refractivity contribution is 0.660. The molecule has 0 bridgehead atoms. The maximum atomic E-state index is 6.68. The van der Waals surface area contributed by atoms with E-state index in [0.29, 0.717) is 0 Å². The van der Waals surface area contributed by atoms with Crippen LogP contribution < -0.4 is 4.90 Å². The number of fused-ring (bicyclic) bond motifs is 8. The summed E-state index contributed by atoms with van der Waals surface area (Å²) in [7, 11) is 0. The van der Waals surface area contributed by atoms with Crippen molar-refractivity contribution in [1.82, 2.24) is 0 Å². The second kappa shape index (κ2) is 11.3. The fourth-order valence-electron chi connectivity index (χ4n) is 8.32. The maximum absolute atomic E-state index is 6.68. The first-order valence-electron chi connectivity index (χ1n) is 17.7. The Kier molecular flexibility index (Phi) is 6.56. The molecule has 0 saturated heterocycles. The van der Waals surface area contributed by atoms with Crippen molar-refractivity contribution < 1.29 is 4.42 Å². The first kappa shape index (κ1) is 29.5. The Morgan fingerprint density at radius 3 is 1.84 bits per heavy atom. The summed E-state index contributed by atoms with van der Waals surface area (Å²) >= 11 is 0. The van der Waals surface area contributed by atoms with E-state index in [1.165, 1.54) is 49.9 Å². The summed E-state index contributed by atoms with van der Waals surface area (Å²) in [6, 6.07) is 63.6. The van der Waals surface area contributed by atoms with Gasteiger partial charge in [0.25, 0.3) is 0 Å². The Morgan fingerprint density at radius 2 is 1.02 bits per heavy atom.